The Morgan fingerprint density at radius 2 is 1.17 bits per heavy atom. The molecule has 0 saturated carbocycles. The van der Waals surface area contributed by atoms with Crippen LogP contribution in [-0.2, 0) is 9.63 Å². The summed E-state index contributed by atoms with van der Waals surface area (Å²) in [4.78, 5) is -0.314. The smallest absolute Gasteiger partial charge is 0.107 e. The van der Waals surface area contributed by atoms with Crippen LogP contribution in [0.1, 0.15) is 13.8 Å². The summed E-state index contributed by atoms with van der Waals surface area (Å²) in [6, 6.07) is 0. The third-order valence-corrected chi connectivity index (χ3v) is 13.6. The fourth-order valence-corrected chi connectivity index (χ4v) is 9.48. The predicted molar refractivity (Wildman–Crippen MR) is 101 cm³/mol. The van der Waals surface area contributed by atoms with E-state index in [9.17, 15) is 13.3 Å². The lowest BCUT2D eigenvalue weighted by molar-refractivity contribution is 0.386. The Balaban J connectivity index is 5.16. The van der Waals surface area contributed by atoms with Crippen LogP contribution in [0.15, 0.2) is 0 Å². The first-order valence-electron chi connectivity index (χ1n) is 4.74. The largest absolute Gasteiger partial charge is 0.307 e. The molecule has 0 bridgehead atoms. The summed E-state index contributed by atoms with van der Waals surface area (Å²) in [6.07, 6.45) is 0. The Bertz CT molecular complexity index is 334. The van der Waals surface area contributed by atoms with Crippen LogP contribution in [0.25, 0.3) is 0 Å². The molecule has 0 aliphatic heterocycles. The van der Waals surface area contributed by atoms with Gasteiger partial charge in [0, 0.05) is 9.65 Å². The fraction of sp³-hybridized carbons (Fsp3) is 1.00. The lowest BCUT2D eigenvalue weighted by Gasteiger charge is -2.41. The van der Waals surface area contributed by atoms with E-state index in [0.29, 0.717) is 0 Å². The highest BCUT2D eigenvalue weighted by atomic mass is 79.9. The van der Waals surface area contributed by atoms with E-state index >= 15 is 0 Å². The Morgan fingerprint density at radius 3 is 1.33 bits per heavy atom. The minimum absolute atomic E-state index is 0.157. The quantitative estimate of drug-likeness (QED) is 0.378. The average molecular weight is 670 g/mol. The van der Waals surface area contributed by atoms with Crippen LogP contribution in [0.3, 0.4) is 0 Å². The van der Waals surface area contributed by atoms with Crippen molar-refractivity contribution in [3.05, 3.63) is 0 Å². The van der Waals surface area contributed by atoms with Crippen molar-refractivity contribution in [1.82, 2.24) is 0 Å². The molecular weight excluding hydrogens is 656 g/mol. The summed E-state index contributed by atoms with van der Waals surface area (Å²) in [5, 5.41) is 0. The molecule has 0 aliphatic carbocycles. The molecule has 112 valence electrons. The standard InChI is InChI=1S/C8H14Br6O3S/c1-5(9)7(11,12)3-18(15,16,17)4-8(13,14)6(2)10/h5-6H,3-4H2,1-2H3,(H2,15,16,17). The van der Waals surface area contributed by atoms with Gasteiger partial charge in [-0.1, -0.05) is 109 Å². The second-order valence-corrected chi connectivity index (χ2v) is 17.7. The van der Waals surface area contributed by atoms with Crippen molar-refractivity contribution in [1.29, 1.82) is 0 Å². The van der Waals surface area contributed by atoms with Crippen molar-refractivity contribution in [3.63, 3.8) is 0 Å². The van der Waals surface area contributed by atoms with Crippen LogP contribution < -0.4 is 0 Å². The SMILES string of the molecule is CC(Br)C(Br)(Br)CS(=O)(O)(O)CC(Br)(Br)C(C)Br. The molecule has 0 saturated heterocycles. The van der Waals surface area contributed by atoms with Gasteiger partial charge >= 0.3 is 0 Å². The molecule has 0 aromatic carbocycles. The van der Waals surface area contributed by atoms with Crippen molar-refractivity contribution >= 4 is 105 Å². The number of halogens is 6. The molecule has 2 N–H and O–H groups in total. The minimum atomic E-state index is -4.81. The summed E-state index contributed by atoms with van der Waals surface area (Å²) < 4.78 is 30.8. The van der Waals surface area contributed by atoms with Crippen LogP contribution in [0.2, 0.25) is 0 Å². The van der Waals surface area contributed by atoms with Crippen LogP contribution in [0.4, 0.5) is 0 Å². The molecule has 0 spiro atoms. The lowest BCUT2D eigenvalue weighted by atomic mass is 10.4. The Labute approximate surface area is 158 Å². The summed E-state index contributed by atoms with van der Waals surface area (Å²) >= 11 is 19.8. The number of hydrogen-bond acceptors (Lipinski definition) is 1. The maximum atomic E-state index is 12.4. The lowest BCUT2D eigenvalue weighted by Crippen LogP contribution is -2.52. The molecule has 0 rings (SSSR count). The van der Waals surface area contributed by atoms with Gasteiger partial charge in [0.1, 0.15) is 6.47 Å². The topological polar surface area (TPSA) is 57.5 Å². The van der Waals surface area contributed by atoms with Gasteiger partial charge in [-0.25, -0.2) is 4.21 Å². The predicted octanol–water partition coefficient (Wildman–Crippen LogP) is 5.29. The van der Waals surface area contributed by atoms with Gasteiger partial charge in [-0.3, -0.25) is 0 Å². The van der Waals surface area contributed by atoms with Gasteiger partial charge in [-0.15, -0.1) is 0 Å². The number of rotatable bonds is 6. The normalized spacial score (nSPS) is 20.0. The van der Waals surface area contributed by atoms with E-state index in [-0.39, 0.29) is 21.2 Å². The first-order valence-corrected chi connectivity index (χ1v) is 12.0. The van der Waals surface area contributed by atoms with Crippen LogP contribution in [0.5, 0.6) is 0 Å². The van der Waals surface area contributed by atoms with E-state index in [1.165, 1.54) is 0 Å². The molecular formula is C8H14Br6O3S. The first kappa shape index (κ1) is 20.9. The molecule has 10 heteroatoms. The van der Waals surface area contributed by atoms with E-state index in [1.807, 2.05) is 0 Å². The van der Waals surface area contributed by atoms with Gasteiger partial charge in [0.25, 0.3) is 0 Å². The zero-order valence-electron chi connectivity index (χ0n) is 9.55. The molecule has 0 radical (unpaired) electrons. The van der Waals surface area contributed by atoms with Crippen LogP contribution in [0, 0.1) is 0 Å². The molecule has 0 aromatic heterocycles. The Kier molecular flexibility index (Phi) is 7.68. The van der Waals surface area contributed by atoms with E-state index < -0.39 is 16.1 Å². The molecule has 0 heterocycles. The van der Waals surface area contributed by atoms with Crippen molar-refractivity contribution < 1.29 is 13.3 Å². The molecule has 0 aliphatic rings. The van der Waals surface area contributed by atoms with E-state index in [4.69, 9.17) is 0 Å². The van der Waals surface area contributed by atoms with Gasteiger partial charge in [-0.05, 0) is 0 Å². The molecule has 2 atom stereocenters. The second kappa shape index (κ2) is 6.60. The maximum absolute atomic E-state index is 12.4. The zero-order valence-corrected chi connectivity index (χ0v) is 19.9. The summed E-state index contributed by atoms with van der Waals surface area (Å²) in [6.45, 7) is 3.60. The molecule has 3 nitrogen and oxygen atoms in total. The fourth-order valence-electron chi connectivity index (χ4n) is 1.05. The van der Waals surface area contributed by atoms with Gasteiger partial charge < -0.3 is 9.11 Å². The highest BCUT2D eigenvalue weighted by Gasteiger charge is 2.48. The summed E-state index contributed by atoms with van der Waals surface area (Å²) in [5.74, 6) is -0.704. The maximum Gasteiger partial charge on any atom is 0.107 e. The number of alkyl halides is 6. The number of hydrogen-bond donors (Lipinski definition) is 2. The Hall–Kier alpha value is 2.95. The monoisotopic (exact) mass is 664 g/mol. The van der Waals surface area contributed by atoms with Gasteiger partial charge in [0.2, 0.25) is 0 Å². The first-order chi connectivity index (χ1) is 7.57. The Morgan fingerprint density at radius 1 is 0.944 bits per heavy atom. The second-order valence-electron chi connectivity index (χ2n) is 4.23. The minimum Gasteiger partial charge on any atom is -0.307 e. The molecule has 2 unspecified atom stereocenters. The molecule has 0 amide bonds. The van der Waals surface area contributed by atoms with E-state index in [0.717, 1.165) is 0 Å². The van der Waals surface area contributed by atoms with E-state index in [1.54, 1.807) is 13.8 Å². The van der Waals surface area contributed by atoms with Gasteiger partial charge in [0.05, 0.1) is 21.1 Å². The van der Waals surface area contributed by atoms with Crippen molar-refractivity contribution in [2.45, 2.75) is 30.0 Å². The van der Waals surface area contributed by atoms with Crippen LogP contribution >= 0.6 is 95.6 Å². The highest BCUT2D eigenvalue weighted by Crippen LogP contribution is 2.45. The zero-order chi connectivity index (χ0) is 15.0. The van der Waals surface area contributed by atoms with Crippen molar-refractivity contribution in [2.24, 2.45) is 0 Å². The average Bonchev–Trinajstić information content (AvgIpc) is 1.96. The van der Waals surface area contributed by atoms with Crippen molar-refractivity contribution in [2.75, 3.05) is 11.5 Å². The van der Waals surface area contributed by atoms with Gasteiger partial charge in [-0.2, -0.15) is 0 Å². The summed E-state index contributed by atoms with van der Waals surface area (Å²) in [7, 11) is -4.81. The molecule has 0 aromatic rings. The third kappa shape index (κ3) is 7.29. The van der Waals surface area contributed by atoms with Gasteiger partial charge in [0.15, 0.2) is 0 Å². The third-order valence-electron chi connectivity index (χ3n) is 2.13. The molecule has 18 heavy (non-hydrogen) atoms. The van der Waals surface area contributed by atoms with Crippen molar-refractivity contribution in [3.8, 4) is 0 Å². The summed E-state index contributed by atoms with van der Waals surface area (Å²) in [5.41, 5.74) is 0. The molecule has 0 fully saturated rings. The van der Waals surface area contributed by atoms with E-state index in [2.05, 4.69) is 95.6 Å². The van der Waals surface area contributed by atoms with Crippen LogP contribution in [-0.4, -0.2) is 40.9 Å². The highest BCUT2D eigenvalue weighted by molar-refractivity contribution is 9.26.